The highest BCUT2D eigenvalue weighted by molar-refractivity contribution is 5.96. The quantitative estimate of drug-likeness (QED) is 0.347. The summed E-state index contributed by atoms with van der Waals surface area (Å²) in [7, 11) is 0. The van der Waals surface area contributed by atoms with Gasteiger partial charge in [0.05, 0.1) is 23.0 Å². The van der Waals surface area contributed by atoms with E-state index in [0.29, 0.717) is 12.1 Å². The summed E-state index contributed by atoms with van der Waals surface area (Å²) in [4.78, 5) is 32.2. The summed E-state index contributed by atoms with van der Waals surface area (Å²) in [6, 6.07) is 14.9. The van der Waals surface area contributed by atoms with E-state index in [0.717, 1.165) is 55.0 Å². The average Bonchev–Trinajstić information content (AvgIpc) is 3.43. The third kappa shape index (κ3) is 5.94. The number of carbonyl (C=O) groups is 1. The van der Waals surface area contributed by atoms with Gasteiger partial charge in [0.25, 0.3) is 5.91 Å². The first kappa shape index (κ1) is 24.8. The van der Waals surface area contributed by atoms with Crippen molar-refractivity contribution in [3.63, 3.8) is 0 Å². The van der Waals surface area contributed by atoms with Crippen LogP contribution in [0.1, 0.15) is 68.7 Å². The molecule has 1 aliphatic carbocycles. The number of carbonyl (C=O) groups excluding carboxylic acids is 1. The molecule has 0 spiro atoms. The number of aromatic nitrogens is 4. The van der Waals surface area contributed by atoms with Gasteiger partial charge in [-0.05, 0) is 67.5 Å². The van der Waals surface area contributed by atoms with Crippen LogP contribution in [0, 0.1) is 13.8 Å². The number of benzene rings is 1. The van der Waals surface area contributed by atoms with E-state index < -0.39 is 0 Å². The molecule has 0 bridgehead atoms. The van der Waals surface area contributed by atoms with Crippen molar-refractivity contribution in [1.82, 2.24) is 30.2 Å². The van der Waals surface area contributed by atoms with Crippen molar-refractivity contribution in [2.45, 2.75) is 58.7 Å². The lowest BCUT2D eigenvalue weighted by Crippen LogP contribution is -2.33. The molecular formula is C30H34N6O. The van der Waals surface area contributed by atoms with Gasteiger partial charge in [-0.1, -0.05) is 30.3 Å². The molecule has 0 fully saturated rings. The van der Waals surface area contributed by atoms with Crippen molar-refractivity contribution in [2.24, 2.45) is 0 Å². The Balaban J connectivity index is 1.32. The number of hydrogen-bond donors (Lipinski definition) is 2. The van der Waals surface area contributed by atoms with Crippen molar-refractivity contribution < 1.29 is 4.79 Å². The summed E-state index contributed by atoms with van der Waals surface area (Å²) in [6.45, 7) is 5.98. The van der Waals surface area contributed by atoms with E-state index in [4.69, 9.17) is 4.98 Å². The van der Waals surface area contributed by atoms with Gasteiger partial charge in [-0.25, -0.2) is 4.98 Å². The molecule has 0 radical (unpaired) electrons. The third-order valence-electron chi connectivity index (χ3n) is 7.20. The maximum Gasteiger partial charge on any atom is 0.253 e. The maximum absolute atomic E-state index is 12.9. The van der Waals surface area contributed by atoms with E-state index in [1.165, 1.54) is 23.2 Å². The Labute approximate surface area is 218 Å². The lowest BCUT2D eigenvalue weighted by atomic mass is 9.90. The lowest BCUT2D eigenvalue weighted by molar-refractivity contribution is 0.0949. The van der Waals surface area contributed by atoms with Gasteiger partial charge in [0.15, 0.2) is 0 Å². The number of rotatable bonds is 9. The molecule has 1 aliphatic rings. The summed E-state index contributed by atoms with van der Waals surface area (Å²) in [6.07, 6.45) is 11.6. The Morgan fingerprint density at radius 2 is 1.95 bits per heavy atom. The summed E-state index contributed by atoms with van der Waals surface area (Å²) in [5.74, 6) is 0.915. The molecule has 1 aromatic carbocycles. The number of aromatic amines is 1. The number of nitrogens with zero attached hydrogens (tertiary/aromatic N) is 4. The highest BCUT2D eigenvalue weighted by Crippen LogP contribution is 2.33. The standard InChI is InChI=1S/C30H34N6O/c1-21-11-14-31-22(2)28(21)30(37)35-19-23-6-3-7-24(18-23)20-36(17-12-27-32-15-16-33-27)26-10-4-8-25-9-5-13-34-29(25)26/h3,5-7,9,11,13-16,18,26H,4,8,10,12,17,19-20H2,1-2H3,(H,32,33)(H,35,37). The fourth-order valence-corrected chi connectivity index (χ4v) is 5.35. The molecule has 190 valence electrons. The Morgan fingerprint density at radius 3 is 2.78 bits per heavy atom. The van der Waals surface area contributed by atoms with Crippen LogP contribution in [0.25, 0.3) is 0 Å². The average molecular weight is 495 g/mol. The van der Waals surface area contributed by atoms with Crippen molar-refractivity contribution in [2.75, 3.05) is 6.54 Å². The van der Waals surface area contributed by atoms with Gasteiger partial charge in [-0.2, -0.15) is 0 Å². The van der Waals surface area contributed by atoms with E-state index in [2.05, 4.69) is 55.5 Å². The normalized spacial score (nSPS) is 14.9. The van der Waals surface area contributed by atoms with Crippen LogP contribution in [-0.4, -0.2) is 37.3 Å². The van der Waals surface area contributed by atoms with Crippen LogP contribution >= 0.6 is 0 Å². The zero-order valence-electron chi connectivity index (χ0n) is 21.6. The van der Waals surface area contributed by atoms with Gasteiger partial charge in [0, 0.05) is 50.8 Å². The fourth-order valence-electron chi connectivity index (χ4n) is 5.35. The van der Waals surface area contributed by atoms with Crippen molar-refractivity contribution in [3.05, 3.63) is 112 Å². The molecule has 7 heteroatoms. The molecule has 3 aromatic heterocycles. The second-order valence-corrected chi connectivity index (χ2v) is 9.80. The summed E-state index contributed by atoms with van der Waals surface area (Å²) >= 11 is 0. The van der Waals surface area contributed by atoms with E-state index in [-0.39, 0.29) is 11.9 Å². The van der Waals surface area contributed by atoms with Crippen molar-refractivity contribution >= 4 is 5.91 Å². The largest absolute Gasteiger partial charge is 0.349 e. The van der Waals surface area contributed by atoms with Crippen LogP contribution < -0.4 is 5.32 Å². The maximum atomic E-state index is 12.9. The first-order valence-electron chi connectivity index (χ1n) is 13.0. The predicted molar refractivity (Wildman–Crippen MR) is 144 cm³/mol. The number of H-pyrrole nitrogens is 1. The van der Waals surface area contributed by atoms with Gasteiger partial charge in [-0.3, -0.25) is 19.7 Å². The van der Waals surface area contributed by atoms with Crippen LogP contribution in [0.3, 0.4) is 0 Å². The highest BCUT2D eigenvalue weighted by Gasteiger charge is 2.27. The number of hydrogen-bond acceptors (Lipinski definition) is 5. The molecule has 0 aliphatic heterocycles. The van der Waals surface area contributed by atoms with Crippen LogP contribution in [0.4, 0.5) is 0 Å². The highest BCUT2D eigenvalue weighted by atomic mass is 16.1. The molecule has 1 amide bonds. The Morgan fingerprint density at radius 1 is 1.05 bits per heavy atom. The first-order chi connectivity index (χ1) is 18.1. The van der Waals surface area contributed by atoms with Gasteiger partial charge in [-0.15, -0.1) is 0 Å². The van der Waals surface area contributed by atoms with Crippen LogP contribution in [-0.2, 0) is 25.9 Å². The van der Waals surface area contributed by atoms with Gasteiger partial charge in [0.2, 0.25) is 0 Å². The zero-order valence-corrected chi connectivity index (χ0v) is 21.6. The molecule has 3 heterocycles. The number of imidazole rings is 1. The molecular weight excluding hydrogens is 460 g/mol. The molecule has 37 heavy (non-hydrogen) atoms. The monoisotopic (exact) mass is 494 g/mol. The van der Waals surface area contributed by atoms with Gasteiger partial charge >= 0.3 is 0 Å². The van der Waals surface area contributed by atoms with Crippen LogP contribution in [0.2, 0.25) is 0 Å². The van der Waals surface area contributed by atoms with E-state index in [1.54, 1.807) is 6.20 Å². The molecule has 5 rings (SSSR count). The van der Waals surface area contributed by atoms with Gasteiger partial charge < -0.3 is 10.3 Å². The number of pyridine rings is 2. The van der Waals surface area contributed by atoms with Crippen LogP contribution in [0.15, 0.2) is 67.3 Å². The number of fused-ring (bicyclic) bond motifs is 1. The van der Waals surface area contributed by atoms with Crippen molar-refractivity contribution in [1.29, 1.82) is 0 Å². The lowest BCUT2D eigenvalue weighted by Gasteiger charge is -2.35. The van der Waals surface area contributed by atoms with Crippen molar-refractivity contribution in [3.8, 4) is 0 Å². The van der Waals surface area contributed by atoms with Gasteiger partial charge in [0.1, 0.15) is 5.82 Å². The fraction of sp³-hybridized carbons (Fsp3) is 0.333. The Hall–Kier alpha value is -3.84. The second kappa shape index (κ2) is 11.5. The summed E-state index contributed by atoms with van der Waals surface area (Å²) in [5, 5.41) is 3.08. The molecule has 4 aromatic rings. The summed E-state index contributed by atoms with van der Waals surface area (Å²) < 4.78 is 0. The third-order valence-corrected chi connectivity index (χ3v) is 7.20. The first-order valence-corrected chi connectivity index (χ1v) is 13.0. The van der Waals surface area contributed by atoms with E-state index in [1.807, 2.05) is 44.6 Å². The van der Waals surface area contributed by atoms with Crippen LogP contribution in [0.5, 0.6) is 0 Å². The molecule has 0 saturated heterocycles. The smallest absolute Gasteiger partial charge is 0.253 e. The van der Waals surface area contributed by atoms with E-state index in [9.17, 15) is 4.79 Å². The second-order valence-electron chi connectivity index (χ2n) is 9.80. The zero-order chi connectivity index (χ0) is 25.6. The SMILES string of the molecule is Cc1ccnc(C)c1C(=O)NCc1cccc(CN(CCc2ncc[nH]2)C2CCCc3cccnc32)c1. The number of amides is 1. The summed E-state index contributed by atoms with van der Waals surface area (Å²) in [5.41, 5.74) is 7.22. The molecule has 1 unspecified atom stereocenters. The molecule has 7 nitrogen and oxygen atoms in total. The number of nitrogens with one attached hydrogen (secondary N) is 2. The molecule has 0 saturated carbocycles. The van der Waals surface area contributed by atoms with E-state index >= 15 is 0 Å². The minimum Gasteiger partial charge on any atom is -0.349 e. The Kier molecular flexibility index (Phi) is 7.70. The molecule has 1 atom stereocenters. The Bertz CT molecular complexity index is 1330. The molecule has 2 N–H and O–H groups in total. The predicted octanol–water partition coefficient (Wildman–Crippen LogP) is 4.87. The minimum absolute atomic E-state index is 0.0848. The topological polar surface area (TPSA) is 86.8 Å². The minimum atomic E-state index is -0.0848. The number of aryl methyl sites for hydroxylation is 3.